The van der Waals surface area contributed by atoms with Crippen molar-refractivity contribution >= 4 is 5.91 Å². The van der Waals surface area contributed by atoms with Crippen LogP contribution in [0.15, 0.2) is 0 Å². The summed E-state index contributed by atoms with van der Waals surface area (Å²) in [5.74, 6) is -14.4. The highest BCUT2D eigenvalue weighted by Gasteiger charge is 2.79. The molecule has 0 aromatic carbocycles. The number of alkyl halides is 6. The quantitative estimate of drug-likeness (QED) is 0.175. The van der Waals surface area contributed by atoms with E-state index in [-0.39, 0.29) is 23.7 Å². The Bertz CT molecular complexity index is 1470. The highest BCUT2D eigenvalue weighted by Crippen LogP contribution is 2.66. The number of hydrogen-bond acceptors (Lipinski definition) is 11. The van der Waals surface area contributed by atoms with Gasteiger partial charge in [0.1, 0.15) is 6.61 Å². The van der Waals surface area contributed by atoms with Crippen LogP contribution in [0.5, 0.6) is 0 Å². The van der Waals surface area contributed by atoms with E-state index in [1.165, 1.54) is 13.8 Å². The van der Waals surface area contributed by atoms with Gasteiger partial charge in [0.15, 0.2) is 23.8 Å². The number of fused-ring (bicyclic) bond motifs is 4. The molecule has 16 atom stereocenters. The molecule has 0 radical (unpaired) electrons. The lowest BCUT2D eigenvalue weighted by Crippen LogP contribution is -2.76. The first-order valence-electron chi connectivity index (χ1n) is 19.3. The molecular weight excluding hydrogens is 736 g/mol. The van der Waals surface area contributed by atoms with Crippen LogP contribution in [-0.2, 0) is 52.8 Å². The number of carbonyl (C=O) groups is 1. The molecule has 8 saturated heterocycles. The van der Waals surface area contributed by atoms with E-state index in [4.69, 9.17) is 48.0 Å². The molecule has 308 valence electrons. The van der Waals surface area contributed by atoms with E-state index in [0.717, 1.165) is 0 Å². The molecule has 12 nitrogen and oxygen atoms in total. The zero-order valence-electron chi connectivity index (χ0n) is 31.3. The van der Waals surface area contributed by atoms with Crippen LogP contribution in [0.25, 0.3) is 0 Å². The van der Waals surface area contributed by atoms with Crippen molar-refractivity contribution in [3.05, 3.63) is 0 Å². The van der Waals surface area contributed by atoms with E-state index in [0.29, 0.717) is 51.4 Å². The van der Waals surface area contributed by atoms with Crippen molar-refractivity contribution in [1.29, 1.82) is 0 Å². The molecule has 1 amide bonds. The van der Waals surface area contributed by atoms with Crippen molar-refractivity contribution in [2.24, 2.45) is 47.3 Å². The van der Waals surface area contributed by atoms with Crippen LogP contribution in [0.3, 0.4) is 0 Å². The Hall–Kier alpha value is -1.35. The monoisotopic (exact) mass is 787 g/mol. The molecule has 10 rings (SSSR count). The molecule has 2 spiro atoms. The first-order valence-corrected chi connectivity index (χ1v) is 19.3. The second-order valence-corrected chi connectivity index (χ2v) is 17.5. The lowest BCUT2D eigenvalue weighted by molar-refractivity contribution is -0.598. The standard InChI is InChI=1S/C36H51F6NO11/c1-18-7-9-24-20(3)33(35(37,38)39,49-27-31(24)22(18)11-13-29(5,47-27)51-53-31)45-16-15-43-26(44)17-46-34(36(40,41)42)21(4)25-10-8-19(2)23-12-14-30(6)48-28(50-34)32(23,25)54-52-30/h18-25,27-28H,7-17H2,1-6H3,(H,43,44)/t18-,19-,20-,21-,22+,23+,24+,25+,27+,28+,29?,30-,31-,32-,33-,34-/m1/s1. The molecule has 10 aliphatic rings. The minimum atomic E-state index is -5.11. The van der Waals surface area contributed by atoms with E-state index < -0.39 is 109 Å². The molecule has 8 heterocycles. The third-order valence-corrected chi connectivity index (χ3v) is 14.5. The van der Waals surface area contributed by atoms with Crippen molar-refractivity contribution < 1.29 is 79.1 Å². The molecule has 1 N–H and O–H groups in total. The van der Waals surface area contributed by atoms with Gasteiger partial charge in [-0.2, -0.15) is 26.3 Å². The Morgan fingerprint density at radius 3 is 1.52 bits per heavy atom. The summed E-state index contributed by atoms with van der Waals surface area (Å²) in [6.45, 7) is 7.68. The Balaban J connectivity index is 0.959. The summed E-state index contributed by atoms with van der Waals surface area (Å²) in [5, 5.41) is 2.34. The van der Waals surface area contributed by atoms with Crippen LogP contribution >= 0.6 is 0 Å². The van der Waals surface area contributed by atoms with Crippen LogP contribution in [0, 0.1) is 47.3 Å². The Kier molecular flexibility index (Phi) is 9.37. The van der Waals surface area contributed by atoms with Gasteiger partial charge in [-0.15, -0.1) is 0 Å². The van der Waals surface area contributed by atoms with Gasteiger partial charge in [0.2, 0.25) is 17.5 Å². The second kappa shape index (κ2) is 12.8. The minimum Gasteiger partial charge on any atom is -0.352 e. The number of nitrogens with one attached hydrogen (secondary N) is 1. The number of carbonyl (C=O) groups excluding carboxylic acids is 1. The third kappa shape index (κ3) is 5.50. The molecule has 0 aromatic heterocycles. The molecule has 2 aliphatic carbocycles. The van der Waals surface area contributed by atoms with Crippen molar-refractivity contribution in [3.8, 4) is 0 Å². The normalized spacial score (nSPS) is 52.5. The van der Waals surface area contributed by atoms with Crippen LogP contribution in [0.4, 0.5) is 26.3 Å². The third-order valence-electron chi connectivity index (χ3n) is 14.5. The van der Waals surface area contributed by atoms with Crippen LogP contribution < -0.4 is 5.32 Å². The first-order chi connectivity index (χ1) is 25.2. The average Bonchev–Trinajstić information content (AvgIpc) is 3.46. The molecule has 10 fully saturated rings. The number of amides is 1. The smallest absolute Gasteiger partial charge is 0.352 e. The summed E-state index contributed by atoms with van der Waals surface area (Å²) in [6, 6.07) is 0. The minimum absolute atomic E-state index is 0.0998. The van der Waals surface area contributed by atoms with Gasteiger partial charge in [-0.05, 0) is 76.0 Å². The Labute approximate surface area is 309 Å². The topological polar surface area (TPSA) is 121 Å². The van der Waals surface area contributed by atoms with Gasteiger partial charge in [0.25, 0.3) is 11.6 Å². The summed E-state index contributed by atoms with van der Waals surface area (Å²) in [7, 11) is 0. The van der Waals surface area contributed by atoms with Crippen molar-refractivity contribution in [2.45, 2.75) is 152 Å². The first kappa shape index (κ1) is 39.5. The fourth-order valence-electron chi connectivity index (χ4n) is 11.6. The van der Waals surface area contributed by atoms with Crippen molar-refractivity contribution in [2.75, 3.05) is 19.8 Å². The maximum absolute atomic E-state index is 15.2. The summed E-state index contributed by atoms with van der Waals surface area (Å²) >= 11 is 0. The van der Waals surface area contributed by atoms with Gasteiger partial charge in [0.05, 0.1) is 6.61 Å². The molecule has 18 heteroatoms. The summed E-state index contributed by atoms with van der Waals surface area (Å²) < 4.78 is 126. The molecular formula is C36H51F6NO11. The van der Waals surface area contributed by atoms with E-state index in [9.17, 15) is 4.79 Å². The van der Waals surface area contributed by atoms with Gasteiger partial charge >= 0.3 is 12.4 Å². The van der Waals surface area contributed by atoms with Crippen LogP contribution in [-0.4, -0.2) is 84.9 Å². The van der Waals surface area contributed by atoms with Gasteiger partial charge in [-0.25, -0.2) is 19.6 Å². The molecule has 1 unspecified atom stereocenters. The van der Waals surface area contributed by atoms with Crippen LogP contribution in [0.2, 0.25) is 0 Å². The lowest BCUT2D eigenvalue weighted by atomic mass is 9.57. The second-order valence-electron chi connectivity index (χ2n) is 17.5. The maximum atomic E-state index is 15.2. The predicted octanol–water partition coefficient (Wildman–Crippen LogP) is 6.42. The van der Waals surface area contributed by atoms with Crippen molar-refractivity contribution in [1.82, 2.24) is 5.32 Å². The average molecular weight is 788 g/mol. The van der Waals surface area contributed by atoms with E-state index in [1.807, 2.05) is 13.8 Å². The zero-order valence-corrected chi connectivity index (χ0v) is 31.3. The lowest BCUT2D eigenvalue weighted by Gasteiger charge is -2.62. The summed E-state index contributed by atoms with van der Waals surface area (Å²) in [5.41, 5.74) is -2.59. The molecule has 2 saturated carbocycles. The molecule has 4 bridgehead atoms. The van der Waals surface area contributed by atoms with E-state index in [2.05, 4.69) is 5.32 Å². The van der Waals surface area contributed by atoms with Gasteiger partial charge in [-0.1, -0.05) is 27.7 Å². The van der Waals surface area contributed by atoms with Crippen LogP contribution in [0.1, 0.15) is 92.9 Å². The zero-order chi connectivity index (χ0) is 38.9. The fourth-order valence-corrected chi connectivity index (χ4v) is 11.6. The van der Waals surface area contributed by atoms with Gasteiger partial charge < -0.3 is 33.7 Å². The largest absolute Gasteiger partial charge is 0.443 e. The van der Waals surface area contributed by atoms with Gasteiger partial charge in [0, 0.05) is 43.1 Å². The number of rotatable bonds is 7. The van der Waals surface area contributed by atoms with Crippen molar-refractivity contribution in [3.63, 3.8) is 0 Å². The SMILES string of the molecule is C[C@@H]1CC[C@H]2[C@@H](C)[C@](OCCNC(=O)CO[C@@]3(C(F)(F)F)O[C@@H]4O[C@@]5(C)CC[C@H]6[C@H](C)CC[C@@H]([C@H]3C)[C@@]46OO5)(C(F)(F)F)O[C@@H]3OC4(C)CC[C@@H]1[C@]32OO4. The van der Waals surface area contributed by atoms with E-state index >= 15 is 26.3 Å². The summed E-state index contributed by atoms with van der Waals surface area (Å²) in [4.78, 5) is 36.4. The number of hydrogen-bond donors (Lipinski definition) is 1. The van der Waals surface area contributed by atoms with Gasteiger partial charge in [-0.3, -0.25) is 4.79 Å². The Morgan fingerprint density at radius 2 is 1.07 bits per heavy atom. The molecule has 8 aliphatic heterocycles. The highest BCUT2D eigenvalue weighted by atomic mass is 19.4. The Morgan fingerprint density at radius 1 is 0.630 bits per heavy atom. The fraction of sp³-hybridized carbons (Fsp3) is 0.972. The number of ether oxygens (including phenoxy) is 6. The molecule has 0 aromatic rings. The summed E-state index contributed by atoms with van der Waals surface area (Å²) in [6.07, 6.45) is -9.09. The molecule has 54 heavy (non-hydrogen) atoms. The highest BCUT2D eigenvalue weighted by molar-refractivity contribution is 5.77. The predicted molar refractivity (Wildman–Crippen MR) is 169 cm³/mol. The van der Waals surface area contributed by atoms with E-state index in [1.54, 1.807) is 13.8 Å². The maximum Gasteiger partial charge on any atom is 0.443 e. The number of halogens is 6.